The predicted molar refractivity (Wildman–Crippen MR) is 113 cm³/mol. The van der Waals surface area contributed by atoms with Crippen molar-refractivity contribution in [1.82, 2.24) is 10.2 Å². The fourth-order valence-corrected chi connectivity index (χ4v) is 3.30. The van der Waals surface area contributed by atoms with Crippen molar-refractivity contribution >= 4 is 36.4 Å². The molecule has 1 unspecified atom stereocenters. The maximum atomic E-state index is 12.6. The maximum Gasteiger partial charge on any atom is 0.416 e. The number of benzene rings is 2. The lowest BCUT2D eigenvalue weighted by molar-refractivity contribution is -0.137. The van der Waals surface area contributed by atoms with Crippen molar-refractivity contribution in [3.05, 3.63) is 64.7 Å². The van der Waals surface area contributed by atoms with E-state index in [1.54, 1.807) is 12.1 Å². The van der Waals surface area contributed by atoms with Gasteiger partial charge in [-0.1, -0.05) is 18.2 Å². The second kappa shape index (κ2) is 10.2. The minimum Gasteiger partial charge on any atom is -0.399 e. The van der Waals surface area contributed by atoms with Gasteiger partial charge < -0.3 is 11.1 Å². The number of alkyl halides is 3. The number of carbonyl (C=O) groups is 1. The maximum absolute atomic E-state index is 12.6. The minimum absolute atomic E-state index is 0. The second-order valence-electron chi connectivity index (χ2n) is 6.96. The van der Waals surface area contributed by atoms with E-state index in [0.717, 1.165) is 36.2 Å². The molecule has 3 N–H and O–H groups in total. The van der Waals surface area contributed by atoms with Crippen LogP contribution in [0, 0.1) is 6.92 Å². The molecule has 9 heteroatoms. The van der Waals surface area contributed by atoms with Crippen molar-refractivity contribution in [3.63, 3.8) is 0 Å². The smallest absolute Gasteiger partial charge is 0.399 e. The Hall–Kier alpha value is -1.96. The van der Waals surface area contributed by atoms with Gasteiger partial charge in [0, 0.05) is 36.9 Å². The highest BCUT2D eigenvalue weighted by Gasteiger charge is 2.30. The molecule has 1 atom stereocenters. The fraction of sp³-hybridized carbons (Fsp3) is 0.350. The quantitative estimate of drug-likeness (QED) is 0.678. The molecule has 0 radical (unpaired) electrons. The van der Waals surface area contributed by atoms with Gasteiger partial charge in [0.05, 0.1) is 5.56 Å². The van der Waals surface area contributed by atoms with Gasteiger partial charge in [0.2, 0.25) is 0 Å². The van der Waals surface area contributed by atoms with Crippen molar-refractivity contribution in [2.45, 2.75) is 32.1 Å². The van der Waals surface area contributed by atoms with Crippen molar-refractivity contribution in [2.24, 2.45) is 0 Å². The minimum atomic E-state index is -4.32. The first kappa shape index (κ1) is 25.1. The van der Waals surface area contributed by atoms with Crippen LogP contribution in [0.15, 0.2) is 42.5 Å². The third-order valence-electron chi connectivity index (χ3n) is 4.80. The Morgan fingerprint density at radius 3 is 2.45 bits per heavy atom. The van der Waals surface area contributed by atoms with E-state index in [4.69, 9.17) is 5.73 Å². The summed E-state index contributed by atoms with van der Waals surface area (Å²) in [5.41, 5.74) is 7.91. The van der Waals surface area contributed by atoms with Gasteiger partial charge in [-0.05, 0) is 48.7 Å². The van der Waals surface area contributed by atoms with Crippen LogP contribution in [0.1, 0.15) is 33.5 Å². The van der Waals surface area contributed by atoms with Crippen LogP contribution in [0.3, 0.4) is 0 Å². The molecule has 1 heterocycles. The molecule has 0 aliphatic carbocycles. The van der Waals surface area contributed by atoms with Crippen LogP contribution in [-0.2, 0) is 12.7 Å². The number of nitrogens with zero attached hydrogens (tertiary/aromatic N) is 1. The summed E-state index contributed by atoms with van der Waals surface area (Å²) in [7, 11) is 0. The highest BCUT2D eigenvalue weighted by molar-refractivity contribution is 5.96. The average molecular weight is 450 g/mol. The Morgan fingerprint density at radius 2 is 1.83 bits per heavy atom. The van der Waals surface area contributed by atoms with E-state index in [-0.39, 0.29) is 36.8 Å². The number of aryl methyl sites for hydroxylation is 1. The lowest BCUT2D eigenvalue weighted by Gasteiger charge is -2.18. The van der Waals surface area contributed by atoms with Crippen molar-refractivity contribution in [1.29, 1.82) is 0 Å². The average Bonchev–Trinajstić information content (AvgIpc) is 3.03. The normalized spacial score (nSPS) is 16.6. The van der Waals surface area contributed by atoms with Crippen LogP contribution in [0.25, 0.3) is 0 Å². The molecule has 1 aliphatic heterocycles. The molecule has 1 saturated heterocycles. The van der Waals surface area contributed by atoms with Gasteiger partial charge in [-0.3, -0.25) is 9.69 Å². The van der Waals surface area contributed by atoms with E-state index < -0.39 is 11.7 Å². The number of halogens is 5. The van der Waals surface area contributed by atoms with Crippen molar-refractivity contribution in [3.8, 4) is 0 Å². The largest absolute Gasteiger partial charge is 0.416 e. The monoisotopic (exact) mass is 449 g/mol. The molecule has 2 aromatic carbocycles. The van der Waals surface area contributed by atoms with Gasteiger partial charge in [-0.25, -0.2) is 0 Å². The Bertz CT molecular complexity index is 829. The summed E-state index contributed by atoms with van der Waals surface area (Å²) in [5.74, 6) is -0.152. The molecule has 29 heavy (non-hydrogen) atoms. The van der Waals surface area contributed by atoms with Crippen LogP contribution in [-0.4, -0.2) is 29.9 Å². The Morgan fingerprint density at radius 1 is 1.17 bits per heavy atom. The molecule has 4 nitrogen and oxygen atoms in total. The Labute approximate surface area is 180 Å². The SMILES string of the molecule is Cc1ccc(N)cc1C(=O)NC1CCN(Cc2ccc(C(F)(F)F)cc2)C1.Cl.Cl. The lowest BCUT2D eigenvalue weighted by atomic mass is 10.1. The topological polar surface area (TPSA) is 58.4 Å². The summed E-state index contributed by atoms with van der Waals surface area (Å²) in [6.07, 6.45) is -3.52. The third-order valence-corrected chi connectivity index (χ3v) is 4.80. The number of nitrogens with two attached hydrogens (primary N) is 1. The molecule has 1 fully saturated rings. The van der Waals surface area contributed by atoms with Crippen LogP contribution < -0.4 is 11.1 Å². The van der Waals surface area contributed by atoms with Crippen molar-refractivity contribution < 1.29 is 18.0 Å². The zero-order valence-corrected chi connectivity index (χ0v) is 17.5. The number of hydrogen-bond acceptors (Lipinski definition) is 3. The van der Waals surface area contributed by atoms with Crippen LogP contribution in [0.4, 0.5) is 18.9 Å². The standard InChI is InChI=1S/C20H22F3N3O.2ClH/c1-13-2-7-16(24)10-18(13)19(27)25-17-8-9-26(12-17)11-14-3-5-15(6-4-14)20(21,22)23;;/h2-7,10,17H,8-9,11-12,24H2,1H3,(H,25,27);2*1H. The summed E-state index contributed by atoms with van der Waals surface area (Å²) in [6.45, 7) is 3.86. The van der Waals surface area contributed by atoms with E-state index >= 15 is 0 Å². The molecule has 0 aromatic heterocycles. The molecule has 2 aromatic rings. The zero-order chi connectivity index (χ0) is 19.6. The molecular formula is C20H24Cl2F3N3O. The number of nitrogen functional groups attached to an aromatic ring is 1. The third kappa shape index (κ3) is 6.52. The number of likely N-dealkylation sites (tertiary alicyclic amines) is 1. The summed E-state index contributed by atoms with van der Waals surface area (Å²) < 4.78 is 37.9. The van der Waals surface area contributed by atoms with Gasteiger partial charge >= 0.3 is 6.18 Å². The number of carbonyl (C=O) groups excluding carboxylic acids is 1. The highest BCUT2D eigenvalue weighted by atomic mass is 35.5. The second-order valence-corrected chi connectivity index (χ2v) is 6.96. The Kier molecular flexibility index (Phi) is 8.81. The van der Waals surface area contributed by atoms with Crippen LogP contribution in [0.5, 0.6) is 0 Å². The van der Waals surface area contributed by atoms with E-state index in [0.29, 0.717) is 24.3 Å². The zero-order valence-electron chi connectivity index (χ0n) is 15.8. The van der Waals surface area contributed by atoms with Gasteiger partial charge in [-0.2, -0.15) is 13.2 Å². The molecule has 0 saturated carbocycles. The number of nitrogens with one attached hydrogen (secondary N) is 1. The molecule has 1 aliphatic rings. The lowest BCUT2D eigenvalue weighted by Crippen LogP contribution is -2.37. The van der Waals surface area contributed by atoms with Gasteiger partial charge in [0.15, 0.2) is 0 Å². The number of anilines is 1. The summed E-state index contributed by atoms with van der Waals surface area (Å²) in [5, 5.41) is 3.02. The fourth-order valence-electron chi connectivity index (χ4n) is 3.30. The number of hydrogen-bond donors (Lipinski definition) is 2. The van der Waals surface area contributed by atoms with E-state index in [1.807, 2.05) is 13.0 Å². The highest BCUT2D eigenvalue weighted by Crippen LogP contribution is 2.29. The summed E-state index contributed by atoms with van der Waals surface area (Å²) >= 11 is 0. The van der Waals surface area contributed by atoms with E-state index in [9.17, 15) is 18.0 Å². The predicted octanol–water partition coefficient (Wildman–Crippen LogP) is 4.44. The van der Waals surface area contributed by atoms with E-state index in [1.165, 1.54) is 12.1 Å². The molecular weight excluding hydrogens is 426 g/mol. The first-order chi connectivity index (χ1) is 12.7. The molecule has 1 amide bonds. The number of amides is 1. The molecule has 0 bridgehead atoms. The molecule has 0 spiro atoms. The van der Waals surface area contributed by atoms with Gasteiger partial charge in [0.25, 0.3) is 5.91 Å². The number of rotatable bonds is 4. The first-order valence-corrected chi connectivity index (χ1v) is 8.78. The molecule has 3 rings (SSSR count). The van der Waals surface area contributed by atoms with Gasteiger partial charge in [-0.15, -0.1) is 24.8 Å². The summed E-state index contributed by atoms with van der Waals surface area (Å²) in [4.78, 5) is 14.6. The van der Waals surface area contributed by atoms with Crippen molar-refractivity contribution in [2.75, 3.05) is 18.8 Å². The first-order valence-electron chi connectivity index (χ1n) is 8.78. The molecule has 160 valence electrons. The van der Waals surface area contributed by atoms with Crippen LogP contribution >= 0.6 is 24.8 Å². The van der Waals surface area contributed by atoms with E-state index in [2.05, 4.69) is 10.2 Å². The summed E-state index contributed by atoms with van der Waals surface area (Å²) in [6, 6.07) is 10.5. The van der Waals surface area contributed by atoms with Gasteiger partial charge in [0.1, 0.15) is 0 Å². The Balaban J connectivity index is 0.00000210. The van der Waals surface area contributed by atoms with Crippen LogP contribution in [0.2, 0.25) is 0 Å².